The van der Waals surface area contributed by atoms with Crippen molar-refractivity contribution in [3.05, 3.63) is 45.9 Å². The molecule has 1 fully saturated rings. The number of aromatic nitrogens is 1. The Bertz CT molecular complexity index is 695. The molecular formula is C17H19N3O2S. The van der Waals surface area contributed by atoms with Crippen LogP contribution in [0, 0.1) is 18.3 Å². The first-order valence-electron chi connectivity index (χ1n) is 7.64. The number of hydrogen-bond acceptors (Lipinski definition) is 6. The molecule has 1 unspecified atom stereocenters. The zero-order valence-corrected chi connectivity index (χ0v) is 13.9. The number of rotatable bonds is 5. The standard InChI is InChI=1S/C17H19N3O2S/c1-13-12-23-17(19-13)16-11-20(7-9-22-16)6-8-21-15-5-3-2-4-14(15)10-18/h2-5,12,16H,6-9,11H2,1H3. The molecule has 1 atom stereocenters. The monoisotopic (exact) mass is 329 g/mol. The van der Waals surface area contributed by atoms with Crippen molar-refractivity contribution in [2.45, 2.75) is 13.0 Å². The van der Waals surface area contributed by atoms with E-state index in [1.54, 1.807) is 17.4 Å². The van der Waals surface area contributed by atoms with Gasteiger partial charge in [0, 0.05) is 30.7 Å². The lowest BCUT2D eigenvalue weighted by atomic mass is 10.2. The molecule has 120 valence electrons. The average Bonchev–Trinajstić information content (AvgIpc) is 3.02. The quantitative estimate of drug-likeness (QED) is 0.844. The van der Waals surface area contributed by atoms with Gasteiger partial charge in [-0.05, 0) is 19.1 Å². The minimum Gasteiger partial charge on any atom is -0.491 e. The Hall–Kier alpha value is -1.94. The summed E-state index contributed by atoms with van der Waals surface area (Å²) in [6.07, 6.45) is 0.0499. The lowest BCUT2D eigenvalue weighted by molar-refractivity contribution is -0.0330. The lowest BCUT2D eigenvalue weighted by Crippen LogP contribution is -2.40. The van der Waals surface area contributed by atoms with Gasteiger partial charge in [0.05, 0.1) is 12.2 Å². The molecule has 2 heterocycles. The molecule has 0 amide bonds. The molecule has 0 bridgehead atoms. The number of thiazole rings is 1. The SMILES string of the molecule is Cc1csc(C2CN(CCOc3ccccc3C#N)CCO2)n1. The number of para-hydroxylation sites is 1. The van der Waals surface area contributed by atoms with Crippen LogP contribution < -0.4 is 4.74 Å². The van der Waals surface area contributed by atoms with Gasteiger partial charge in [0.1, 0.15) is 29.5 Å². The second kappa shape index (κ2) is 7.55. The van der Waals surface area contributed by atoms with E-state index in [4.69, 9.17) is 14.7 Å². The first-order valence-corrected chi connectivity index (χ1v) is 8.52. The highest BCUT2D eigenvalue weighted by atomic mass is 32.1. The molecule has 5 nitrogen and oxygen atoms in total. The van der Waals surface area contributed by atoms with Gasteiger partial charge in [0.15, 0.2) is 0 Å². The molecular weight excluding hydrogens is 310 g/mol. The van der Waals surface area contributed by atoms with Crippen molar-refractivity contribution in [3.63, 3.8) is 0 Å². The third-order valence-electron chi connectivity index (χ3n) is 3.74. The number of hydrogen-bond donors (Lipinski definition) is 0. The first kappa shape index (κ1) is 15.9. The van der Waals surface area contributed by atoms with Crippen LogP contribution in [0.3, 0.4) is 0 Å². The van der Waals surface area contributed by atoms with Crippen LogP contribution >= 0.6 is 11.3 Å². The molecule has 1 aromatic heterocycles. The number of nitriles is 1. The summed E-state index contributed by atoms with van der Waals surface area (Å²) < 4.78 is 11.6. The molecule has 1 aliphatic heterocycles. The van der Waals surface area contributed by atoms with E-state index < -0.39 is 0 Å². The Labute approximate surface area is 140 Å². The van der Waals surface area contributed by atoms with Gasteiger partial charge in [0.25, 0.3) is 0 Å². The molecule has 3 rings (SSSR count). The summed E-state index contributed by atoms with van der Waals surface area (Å²) in [5, 5.41) is 12.2. The van der Waals surface area contributed by atoms with E-state index in [-0.39, 0.29) is 6.10 Å². The third-order valence-corrected chi connectivity index (χ3v) is 4.79. The average molecular weight is 329 g/mol. The van der Waals surface area contributed by atoms with E-state index in [1.807, 2.05) is 25.1 Å². The highest BCUT2D eigenvalue weighted by Crippen LogP contribution is 2.25. The minimum atomic E-state index is 0.0499. The zero-order chi connectivity index (χ0) is 16.1. The van der Waals surface area contributed by atoms with Crippen LogP contribution in [0.15, 0.2) is 29.6 Å². The van der Waals surface area contributed by atoms with Gasteiger partial charge in [-0.1, -0.05) is 12.1 Å². The Morgan fingerprint density at radius 2 is 2.35 bits per heavy atom. The molecule has 0 saturated carbocycles. The fourth-order valence-corrected chi connectivity index (χ4v) is 3.38. The van der Waals surface area contributed by atoms with E-state index in [0.29, 0.717) is 24.5 Å². The van der Waals surface area contributed by atoms with Crippen molar-refractivity contribution in [1.29, 1.82) is 5.26 Å². The molecule has 1 aromatic carbocycles. The zero-order valence-electron chi connectivity index (χ0n) is 13.1. The van der Waals surface area contributed by atoms with Crippen molar-refractivity contribution < 1.29 is 9.47 Å². The van der Waals surface area contributed by atoms with E-state index in [9.17, 15) is 0 Å². The van der Waals surface area contributed by atoms with E-state index in [1.165, 1.54) is 0 Å². The Morgan fingerprint density at radius 3 is 3.13 bits per heavy atom. The van der Waals surface area contributed by atoms with Crippen molar-refractivity contribution >= 4 is 11.3 Å². The van der Waals surface area contributed by atoms with Crippen LogP contribution in [0.1, 0.15) is 22.4 Å². The molecule has 0 N–H and O–H groups in total. The van der Waals surface area contributed by atoms with Crippen LogP contribution in [-0.4, -0.2) is 42.7 Å². The van der Waals surface area contributed by atoms with Gasteiger partial charge >= 0.3 is 0 Å². The maximum absolute atomic E-state index is 9.07. The molecule has 0 spiro atoms. The van der Waals surface area contributed by atoms with E-state index in [2.05, 4.69) is 21.3 Å². The molecule has 23 heavy (non-hydrogen) atoms. The molecule has 2 aromatic rings. The highest BCUT2D eigenvalue weighted by molar-refractivity contribution is 7.09. The largest absolute Gasteiger partial charge is 0.491 e. The summed E-state index contributed by atoms with van der Waals surface area (Å²) in [7, 11) is 0. The topological polar surface area (TPSA) is 58.4 Å². The number of nitrogens with zero attached hydrogens (tertiary/aromatic N) is 3. The molecule has 0 radical (unpaired) electrons. The fraction of sp³-hybridized carbons (Fsp3) is 0.412. The number of ether oxygens (including phenoxy) is 2. The summed E-state index contributed by atoms with van der Waals surface area (Å²) in [4.78, 5) is 6.84. The van der Waals surface area contributed by atoms with E-state index >= 15 is 0 Å². The maximum atomic E-state index is 9.07. The molecule has 0 aliphatic carbocycles. The Morgan fingerprint density at radius 1 is 1.48 bits per heavy atom. The van der Waals surface area contributed by atoms with Gasteiger partial charge in [-0.3, -0.25) is 4.90 Å². The van der Waals surface area contributed by atoms with Gasteiger partial charge < -0.3 is 9.47 Å². The molecule has 6 heteroatoms. The van der Waals surface area contributed by atoms with Crippen molar-refractivity contribution in [3.8, 4) is 11.8 Å². The van der Waals surface area contributed by atoms with Gasteiger partial charge in [-0.15, -0.1) is 11.3 Å². The fourth-order valence-electron chi connectivity index (χ4n) is 2.54. The smallest absolute Gasteiger partial charge is 0.137 e. The van der Waals surface area contributed by atoms with Gasteiger partial charge in [0.2, 0.25) is 0 Å². The predicted molar refractivity (Wildman–Crippen MR) is 88.6 cm³/mol. The normalized spacial score (nSPS) is 18.5. The Balaban J connectivity index is 1.51. The number of benzene rings is 1. The van der Waals surface area contributed by atoms with Crippen LogP contribution in [-0.2, 0) is 4.74 Å². The van der Waals surface area contributed by atoms with Gasteiger partial charge in [-0.25, -0.2) is 4.98 Å². The van der Waals surface area contributed by atoms with Gasteiger partial charge in [-0.2, -0.15) is 5.26 Å². The third kappa shape index (κ3) is 4.08. The van der Waals surface area contributed by atoms with Crippen LogP contribution in [0.4, 0.5) is 0 Å². The van der Waals surface area contributed by atoms with Crippen molar-refractivity contribution in [1.82, 2.24) is 9.88 Å². The maximum Gasteiger partial charge on any atom is 0.137 e. The number of morpholine rings is 1. The predicted octanol–water partition coefficient (Wildman–Crippen LogP) is 2.78. The van der Waals surface area contributed by atoms with Crippen molar-refractivity contribution in [2.24, 2.45) is 0 Å². The van der Waals surface area contributed by atoms with Crippen LogP contribution in [0.5, 0.6) is 5.75 Å². The summed E-state index contributed by atoms with van der Waals surface area (Å²) in [6.45, 7) is 5.80. The minimum absolute atomic E-state index is 0.0499. The van der Waals surface area contributed by atoms with Crippen LogP contribution in [0.2, 0.25) is 0 Å². The highest BCUT2D eigenvalue weighted by Gasteiger charge is 2.24. The van der Waals surface area contributed by atoms with Crippen molar-refractivity contribution in [2.75, 3.05) is 32.8 Å². The summed E-state index contributed by atoms with van der Waals surface area (Å²) in [5.41, 5.74) is 1.62. The van der Waals surface area contributed by atoms with Crippen LogP contribution in [0.25, 0.3) is 0 Å². The molecule has 1 aliphatic rings. The van der Waals surface area contributed by atoms with E-state index in [0.717, 1.165) is 30.3 Å². The summed E-state index contributed by atoms with van der Waals surface area (Å²) in [5.74, 6) is 0.648. The number of aryl methyl sites for hydroxylation is 1. The second-order valence-corrected chi connectivity index (χ2v) is 6.33. The Kier molecular flexibility index (Phi) is 5.23. The summed E-state index contributed by atoms with van der Waals surface area (Å²) in [6, 6.07) is 9.47. The molecule has 1 saturated heterocycles. The first-order chi connectivity index (χ1) is 11.3. The second-order valence-electron chi connectivity index (χ2n) is 5.44. The lowest BCUT2D eigenvalue weighted by Gasteiger charge is -2.31. The summed E-state index contributed by atoms with van der Waals surface area (Å²) >= 11 is 1.65.